The molecule has 0 spiro atoms. The Kier molecular flexibility index (Phi) is 4.34. The van der Waals surface area contributed by atoms with Gasteiger partial charge in [0.2, 0.25) is 18.0 Å². The third kappa shape index (κ3) is 3.27. The zero-order valence-corrected chi connectivity index (χ0v) is 13.6. The number of nitro benzene ring substituents is 1. The molecule has 0 saturated heterocycles. The molecule has 0 aromatic heterocycles. The summed E-state index contributed by atoms with van der Waals surface area (Å²) in [6.07, 6.45) is -0.738. The Morgan fingerprint density at radius 3 is 2.60 bits per heavy atom. The minimum atomic E-state index is -0.738. The standard InChI is InChI=1S/C17H15N3O5/c1-11(21)19-17(12-6-8-15(24-2)9-7-12)25-16(18-19)13-4-3-5-14(10-13)20(22)23/h3-10,17H,1-2H3/t17-/m0/s1. The molecule has 2 aromatic rings. The molecule has 2 aromatic carbocycles. The van der Waals surface area contributed by atoms with Gasteiger partial charge in [0.15, 0.2) is 0 Å². The highest BCUT2D eigenvalue weighted by Gasteiger charge is 2.33. The van der Waals surface area contributed by atoms with E-state index in [1.165, 1.54) is 30.1 Å². The Labute approximate surface area is 143 Å². The summed E-state index contributed by atoms with van der Waals surface area (Å²) in [5, 5.41) is 16.3. The Bertz CT molecular complexity index is 848. The number of nitro groups is 1. The first-order chi connectivity index (χ1) is 12.0. The maximum absolute atomic E-state index is 11.9. The van der Waals surface area contributed by atoms with Crippen molar-refractivity contribution < 1.29 is 19.2 Å². The van der Waals surface area contributed by atoms with E-state index in [0.29, 0.717) is 16.9 Å². The normalized spacial score (nSPS) is 16.2. The van der Waals surface area contributed by atoms with Gasteiger partial charge < -0.3 is 9.47 Å². The van der Waals surface area contributed by atoms with Crippen LogP contribution in [0.5, 0.6) is 5.75 Å². The molecule has 1 aliphatic rings. The van der Waals surface area contributed by atoms with E-state index in [4.69, 9.17) is 9.47 Å². The van der Waals surface area contributed by atoms with E-state index >= 15 is 0 Å². The molecule has 0 unspecified atom stereocenters. The van der Waals surface area contributed by atoms with Crippen LogP contribution in [0.2, 0.25) is 0 Å². The summed E-state index contributed by atoms with van der Waals surface area (Å²) in [6.45, 7) is 1.37. The monoisotopic (exact) mass is 341 g/mol. The van der Waals surface area contributed by atoms with Crippen molar-refractivity contribution in [3.63, 3.8) is 0 Å². The van der Waals surface area contributed by atoms with Crippen molar-refractivity contribution >= 4 is 17.5 Å². The van der Waals surface area contributed by atoms with Gasteiger partial charge in [0, 0.05) is 30.2 Å². The fraction of sp³-hybridized carbons (Fsp3) is 0.176. The van der Waals surface area contributed by atoms with Crippen LogP contribution in [0.15, 0.2) is 53.6 Å². The molecule has 0 fully saturated rings. The SMILES string of the molecule is COc1ccc([C@@H]2OC(c3cccc([N+](=O)[O-])c3)=NN2C(C)=O)cc1. The molecule has 25 heavy (non-hydrogen) atoms. The number of ether oxygens (including phenoxy) is 2. The van der Waals surface area contributed by atoms with Crippen molar-refractivity contribution in [2.24, 2.45) is 5.10 Å². The van der Waals surface area contributed by atoms with Crippen LogP contribution >= 0.6 is 0 Å². The summed E-state index contributed by atoms with van der Waals surface area (Å²) in [5.74, 6) is 0.525. The molecule has 1 heterocycles. The van der Waals surface area contributed by atoms with Crippen LogP contribution in [0.25, 0.3) is 0 Å². The molecule has 0 radical (unpaired) electrons. The molecule has 8 heteroatoms. The van der Waals surface area contributed by atoms with Crippen LogP contribution in [0.1, 0.15) is 24.3 Å². The highest BCUT2D eigenvalue weighted by Crippen LogP contribution is 2.31. The van der Waals surface area contributed by atoms with E-state index in [1.54, 1.807) is 37.4 Å². The maximum atomic E-state index is 11.9. The van der Waals surface area contributed by atoms with Crippen molar-refractivity contribution in [2.75, 3.05) is 7.11 Å². The largest absolute Gasteiger partial charge is 0.497 e. The van der Waals surface area contributed by atoms with Crippen molar-refractivity contribution in [1.29, 1.82) is 0 Å². The van der Waals surface area contributed by atoms with Crippen LogP contribution in [0.3, 0.4) is 0 Å². The van der Waals surface area contributed by atoms with Gasteiger partial charge >= 0.3 is 0 Å². The van der Waals surface area contributed by atoms with E-state index in [0.717, 1.165) is 0 Å². The van der Waals surface area contributed by atoms with Crippen molar-refractivity contribution in [3.05, 3.63) is 69.8 Å². The minimum absolute atomic E-state index is 0.0777. The fourth-order valence-electron chi connectivity index (χ4n) is 2.42. The molecule has 128 valence electrons. The van der Waals surface area contributed by atoms with E-state index in [1.807, 2.05) is 0 Å². The average molecular weight is 341 g/mol. The van der Waals surface area contributed by atoms with Gasteiger partial charge in [-0.25, -0.2) is 0 Å². The van der Waals surface area contributed by atoms with Crippen molar-refractivity contribution in [1.82, 2.24) is 5.01 Å². The van der Waals surface area contributed by atoms with Crippen LogP contribution in [0.4, 0.5) is 5.69 Å². The highest BCUT2D eigenvalue weighted by atomic mass is 16.6. The van der Waals surface area contributed by atoms with Gasteiger partial charge in [0.05, 0.1) is 12.0 Å². The molecular formula is C17H15N3O5. The molecule has 3 rings (SSSR count). The number of amides is 1. The van der Waals surface area contributed by atoms with E-state index < -0.39 is 11.2 Å². The lowest BCUT2D eigenvalue weighted by Crippen LogP contribution is -2.25. The van der Waals surface area contributed by atoms with Gasteiger partial charge in [-0.15, -0.1) is 5.10 Å². The first kappa shape index (κ1) is 16.4. The average Bonchev–Trinajstić information content (AvgIpc) is 3.07. The zero-order chi connectivity index (χ0) is 18.0. The molecule has 8 nitrogen and oxygen atoms in total. The van der Waals surface area contributed by atoms with Gasteiger partial charge in [0.25, 0.3) is 5.69 Å². The number of rotatable bonds is 4. The number of nitrogens with zero attached hydrogens (tertiary/aromatic N) is 3. The van der Waals surface area contributed by atoms with E-state index in [-0.39, 0.29) is 17.5 Å². The van der Waals surface area contributed by atoms with Crippen LogP contribution < -0.4 is 4.74 Å². The summed E-state index contributed by atoms with van der Waals surface area (Å²) in [4.78, 5) is 22.3. The molecule has 0 saturated carbocycles. The van der Waals surface area contributed by atoms with E-state index in [9.17, 15) is 14.9 Å². The lowest BCUT2D eigenvalue weighted by Gasteiger charge is -2.19. The molecule has 0 bridgehead atoms. The third-order valence-corrected chi connectivity index (χ3v) is 3.67. The Morgan fingerprint density at radius 2 is 2.00 bits per heavy atom. The van der Waals surface area contributed by atoms with Gasteiger partial charge in [-0.1, -0.05) is 6.07 Å². The quantitative estimate of drug-likeness (QED) is 0.629. The maximum Gasteiger partial charge on any atom is 0.270 e. The number of hydrazone groups is 1. The molecule has 1 amide bonds. The molecule has 0 aliphatic carbocycles. The number of hydrogen-bond donors (Lipinski definition) is 0. The predicted octanol–water partition coefficient (Wildman–Crippen LogP) is 2.84. The van der Waals surface area contributed by atoms with Crippen LogP contribution in [0, 0.1) is 10.1 Å². The lowest BCUT2D eigenvalue weighted by molar-refractivity contribution is -0.384. The van der Waals surface area contributed by atoms with Gasteiger partial charge in [0.1, 0.15) is 5.75 Å². The highest BCUT2D eigenvalue weighted by molar-refractivity contribution is 5.96. The Morgan fingerprint density at radius 1 is 1.28 bits per heavy atom. The molecule has 1 atom stereocenters. The van der Waals surface area contributed by atoms with Gasteiger partial charge in [-0.2, -0.15) is 5.01 Å². The number of carbonyl (C=O) groups excluding carboxylic acids is 1. The molecule has 1 aliphatic heterocycles. The van der Waals surface area contributed by atoms with Gasteiger partial charge in [-0.05, 0) is 30.3 Å². The summed E-state index contributed by atoms with van der Waals surface area (Å²) in [7, 11) is 1.56. The predicted molar refractivity (Wildman–Crippen MR) is 89.0 cm³/mol. The third-order valence-electron chi connectivity index (χ3n) is 3.67. The fourth-order valence-corrected chi connectivity index (χ4v) is 2.42. The first-order valence-electron chi connectivity index (χ1n) is 7.43. The molecule has 0 N–H and O–H groups in total. The number of benzene rings is 2. The second-order valence-electron chi connectivity index (χ2n) is 5.32. The summed E-state index contributed by atoms with van der Waals surface area (Å²) < 4.78 is 10.9. The Balaban J connectivity index is 1.92. The van der Waals surface area contributed by atoms with Gasteiger partial charge in [-0.3, -0.25) is 14.9 Å². The second kappa shape index (κ2) is 6.60. The second-order valence-corrected chi connectivity index (χ2v) is 5.32. The summed E-state index contributed by atoms with van der Waals surface area (Å²) >= 11 is 0. The number of methoxy groups -OCH3 is 1. The first-order valence-corrected chi connectivity index (χ1v) is 7.43. The number of carbonyl (C=O) groups is 1. The smallest absolute Gasteiger partial charge is 0.270 e. The summed E-state index contributed by atoms with van der Waals surface area (Å²) in [6, 6.07) is 13.0. The minimum Gasteiger partial charge on any atom is -0.497 e. The van der Waals surface area contributed by atoms with Crippen LogP contribution in [-0.4, -0.2) is 28.8 Å². The summed E-state index contributed by atoms with van der Waals surface area (Å²) in [5.41, 5.74) is 1.06. The van der Waals surface area contributed by atoms with Crippen molar-refractivity contribution in [2.45, 2.75) is 13.2 Å². The zero-order valence-electron chi connectivity index (χ0n) is 13.6. The number of non-ortho nitro benzene ring substituents is 1. The topological polar surface area (TPSA) is 94.3 Å². The number of hydrogen-bond acceptors (Lipinski definition) is 6. The van der Waals surface area contributed by atoms with Crippen molar-refractivity contribution in [3.8, 4) is 5.75 Å². The molecular weight excluding hydrogens is 326 g/mol. The van der Waals surface area contributed by atoms with Crippen LogP contribution in [-0.2, 0) is 9.53 Å². The Hall–Kier alpha value is -3.42. The lowest BCUT2D eigenvalue weighted by atomic mass is 10.2. The van der Waals surface area contributed by atoms with E-state index in [2.05, 4.69) is 5.10 Å².